The summed E-state index contributed by atoms with van der Waals surface area (Å²) in [5, 5.41) is 11.5. The second kappa shape index (κ2) is 8.98. The highest BCUT2D eigenvalue weighted by molar-refractivity contribution is 5.92. The lowest BCUT2D eigenvalue weighted by atomic mass is 9.82. The van der Waals surface area contributed by atoms with Crippen LogP contribution in [0.25, 0.3) is 0 Å². The van der Waals surface area contributed by atoms with Gasteiger partial charge in [-0.1, -0.05) is 18.6 Å². The van der Waals surface area contributed by atoms with Gasteiger partial charge in [0.15, 0.2) is 12.2 Å². The molecule has 0 saturated carbocycles. The number of hydrogen-bond acceptors (Lipinski definition) is 8. The molecule has 1 saturated heterocycles. The predicted octanol–water partition coefficient (Wildman–Crippen LogP) is 3.12. The van der Waals surface area contributed by atoms with Crippen LogP contribution in [0, 0.1) is 5.92 Å². The van der Waals surface area contributed by atoms with E-state index >= 15 is 0 Å². The van der Waals surface area contributed by atoms with Gasteiger partial charge in [0, 0.05) is 25.8 Å². The van der Waals surface area contributed by atoms with Crippen molar-refractivity contribution in [3.05, 3.63) is 22.8 Å². The van der Waals surface area contributed by atoms with Crippen molar-refractivity contribution in [3.63, 3.8) is 0 Å². The van der Waals surface area contributed by atoms with Crippen LogP contribution in [0.2, 0.25) is 0 Å². The quantitative estimate of drug-likeness (QED) is 0.388. The van der Waals surface area contributed by atoms with Gasteiger partial charge in [0.25, 0.3) is 0 Å². The maximum absolute atomic E-state index is 12.5. The Kier molecular flexibility index (Phi) is 6.86. The zero-order chi connectivity index (χ0) is 23.8. The summed E-state index contributed by atoms with van der Waals surface area (Å²) in [6, 6.07) is 0. The lowest BCUT2D eigenvalue weighted by Crippen LogP contribution is -2.54. The fraction of sp³-hybridized carbons (Fsp3) is 0.708. The minimum absolute atomic E-state index is 0.0192. The Hall–Kier alpha value is -2.19. The third-order valence-corrected chi connectivity index (χ3v) is 6.75. The van der Waals surface area contributed by atoms with Crippen LogP contribution in [-0.4, -0.2) is 52.7 Å². The largest absolute Gasteiger partial charge is 0.455 e. The third-order valence-electron chi connectivity index (χ3n) is 6.75. The molecule has 178 valence electrons. The molecule has 8 heteroatoms. The molecule has 0 spiro atoms. The minimum Gasteiger partial charge on any atom is -0.455 e. The number of rotatable bonds is 2. The molecule has 6 atom stereocenters. The maximum Gasteiger partial charge on any atom is 0.336 e. The Labute approximate surface area is 188 Å². The van der Waals surface area contributed by atoms with Crippen molar-refractivity contribution in [2.24, 2.45) is 5.92 Å². The lowest BCUT2D eigenvalue weighted by Gasteiger charge is -2.40. The zero-order valence-electron chi connectivity index (χ0n) is 19.7. The van der Waals surface area contributed by atoms with Crippen molar-refractivity contribution in [2.45, 2.75) is 103 Å². The maximum atomic E-state index is 12.5. The highest BCUT2D eigenvalue weighted by atomic mass is 16.7. The Morgan fingerprint density at radius 1 is 1.16 bits per heavy atom. The molecule has 1 fully saturated rings. The normalized spacial score (nSPS) is 39.6. The molecule has 8 nitrogen and oxygen atoms in total. The van der Waals surface area contributed by atoms with Gasteiger partial charge >= 0.3 is 17.9 Å². The van der Waals surface area contributed by atoms with Crippen molar-refractivity contribution in [1.29, 1.82) is 0 Å². The van der Waals surface area contributed by atoms with Crippen LogP contribution in [0.15, 0.2) is 22.8 Å². The molecular weight excluding hydrogens is 416 g/mol. The van der Waals surface area contributed by atoms with Crippen LogP contribution in [0.5, 0.6) is 0 Å². The van der Waals surface area contributed by atoms with Crippen molar-refractivity contribution < 1.29 is 38.4 Å². The molecule has 2 bridgehead atoms. The standard InChI is InChI=1S/C24H34O8/c1-13-8-7-9-14(2)18-10-11-23(6,31-18)21(30-17(5)26)20(29-16(4)25)19-15(3)22(27)32-24(19,28)12-13/h8,14,18,20-21,28H,7,9-12H2,1-6H3/b13-8+/t14-,18+,20-,21+,23+,24-/m1/s1. The SMILES string of the molecule is CC(=O)O[C@@H]1C2=C(C)C(=O)O[C@]2(O)C/C(C)=C/CC[C@@H](C)[C@@H]2CC[C@](C)(O2)[C@H]1OC(C)=O. The van der Waals surface area contributed by atoms with Gasteiger partial charge < -0.3 is 24.1 Å². The van der Waals surface area contributed by atoms with E-state index < -0.39 is 41.5 Å². The van der Waals surface area contributed by atoms with Crippen LogP contribution in [-0.2, 0) is 33.3 Å². The summed E-state index contributed by atoms with van der Waals surface area (Å²) in [4.78, 5) is 36.8. The summed E-state index contributed by atoms with van der Waals surface area (Å²) < 4.78 is 23.2. The monoisotopic (exact) mass is 450 g/mol. The second-order valence-corrected chi connectivity index (χ2v) is 9.56. The summed E-state index contributed by atoms with van der Waals surface area (Å²) >= 11 is 0. The number of allylic oxidation sites excluding steroid dienone is 1. The number of ether oxygens (including phenoxy) is 4. The van der Waals surface area contributed by atoms with E-state index in [0.717, 1.165) is 24.8 Å². The van der Waals surface area contributed by atoms with Crippen LogP contribution in [0.1, 0.15) is 73.6 Å². The molecule has 0 aromatic rings. The van der Waals surface area contributed by atoms with Gasteiger partial charge in [-0.2, -0.15) is 0 Å². The number of hydrogen-bond donors (Lipinski definition) is 1. The summed E-state index contributed by atoms with van der Waals surface area (Å²) in [6.07, 6.45) is 2.64. The Morgan fingerprint density at radius 3 is 2.44 bits per heavy atom. The number of carbonyl (C=O) groups is 3. The van der Waals surface area contributed by atoms with Crippen LogP contribution >= 0.6 is 0 Å². The van der Waals surface area contributed by atoms with Crippen molar-refractivity contribution in [1.82, 2.24) is 0 Å². The number of aliphatic hydroxyl groups is 1. The fourth-order valence-corrected chi connectivity index (χ4v) is 5.12. The van der Waals surface area contributed by atoms with Crippen LogP contribution in [0.3, 0.4) is 0 Å². The first-order chi connectivity index (χ1) is 14.9. The van der Waals surface area contributed by atoms with Gasteiger partial charge in [-0.15, -0.1) is 0 Å². The summed E-state index contributed by atoms with van der Waals surface area (Å²) in [5.41, 5.74) is 0.0744. The van der Waals surface area contributed by atoms with E-state index in [1.807, 2.05) is 19.9 Å². The minimum atomic E-state index is -2.02. The first kappa shape index (κ1) is 24.5. The highest BCUT2D eigenvalue weighted by Crippen LogP contribution is 2.46. The molecule has 0 aromatic heterocycles. The summed E-state index contributed by atoms with van der Waals surface area (Å²) in [7, 11) is 0. The van der Waals surface area contributed by atoms with E-state index in [1.54, 1.807) is 0 Å². The average molecular weight is 451 g/mol. The van der Waals surface area contributed by atoms with Gasteiger partial charge in [-0.05, 0) is 52.4 Å². The molecule has 3 heterocycles. The molecule has 0 amide bonds. The average Bonchev–Trinajstić information content (AvgIpc) is 3.16. The van der Waals surface area contributed by atoms with Gasteiger partial charge in [0.05, 0.1) is 11.7 Å². The molecule has 1 N–H and O–H groups in total. The number of fused-ring (bicyclic) bond motifs is 3. The Balaban J connectivity index is 2.20. The van der Waals surface area contributed by atoms with Gasteiger partial charge in [-0.25, -0.2) is 4.79 Å². The molecule has 0 aromatic carbocycles. The third kappa shape index (κ3) is 4.76. The lowest BCUT2D eigenvalue weighted by molar-refractivity contribution is -0.205. The van der Waals surface area contributed by atoms with E-state index in [2.05, 4.69) is 6.92 Å². The summed E-state index contributed by atoms with van der Waals surface area (Å²) in [5.74, 6) is -3.69. The van der Waals surface area contributed by atoms with E-state index in [4.69, 9.17) is 18.9 Å². The van der Waals surface area contributed by atoms with Gasteiger partial charge in [0.1, 0.15) is 5.60 Å². The van der Waals surface area contributed by atoms with E-state index in [-0.39, 0.29) is 29.6 Å². The summed E-state index contributed by atoms with van der Waals surface area (Å²) in [6.45, 7) is 9.81. The molecule has 0 aliphatic carbocycles. The molecule has 32 heavy (non-hydrogen) atoms. The first-order valence-electron chi connectivity index (χ1n) is 11.2. The predicted molar refractivity (Wildman–Crippen MR) is 114 cm³/mol. The van der Waals surface area contributed by atoms with E-state index in [1.165, 1.54) is 20.8 Å². The first-order valence-corrected chi connectivity index (χ1v) is 11.2. The van der Waals surface area contributed by atoms with Gasteiger partial charge in [0.2, 0.25) is 5.79 Å². The number of esters is 3. The second-order valence-electron chi connectivity index (χ2n) is 9.56. The fourth-order valence-electron chi connectivity index (χ4n) is 5.12. The van der Waals surface area contributed by atoms with Crippen molar-refractivity contribution in [2.75, 3.05) is 0 Å². The van der Waals surface area contributed by atoms with Crippen LogP contribution in [0.4, 0.5) is 0 Å². The molecule has 0 unspecified atom stereocenters. The Morgan fingerprint density at radius 2 is 1.81 bits per heavy atom. The molecule has 0 radical (unpaired) electrons. The van der Waals surface area contributed by atoms with E-state index in [9.17, 15) is 19.5 Å². The van der Waals surface area contributed by atoms with E-state index in [0.29, 0.717) is 6.42 Å². The molecular formula is C24H34O8. The molecule has 3 rings (SSSR count). The van der Waals surface area contributed by atoms with Crippen molar-refractivity contribution >= 4 is 17.9 Å². The van der Waals surface area contributed by atoms with Crippen molar-refractivity contribution in [3.8, 4) is 0 Å². The highest BCUT2D eigenvalue weighted by Gasteiger charge is 2.57. The zero-order valence-corrected chi connectivity index (χ0v) is 19.7. The van der Waals surface area contributed by atoms with Crippen LogP contribution < -0.4 is 0 Å². The Bertz CT molecular complexity index is 858. The topological polar surface area (TPSA) is 108 Å². The molecule has 3 aliphatic rings. The van der Waals surface area contributed by atoms with Gasteiger partial charge in [-0.3, -0.25) is 9.59 Å². The number of carbonyl (C=O) groups excluding carboxylic acids is 3. The smallest absolute Gasteiger partial charge is 0.336 e. The molecule has 3 aliphatic heterocycles.